The molecule has 0 aliphatic carbocycles. The molecule has 576 valence electrons. The van der Waals surface area contributed by atoms with E-state index in [1.165, 1.54) is 199 Å². The molecule has 0 amide bonds. The van der Waals surface area contributed by atoms with Gasteiger partial charge in [-0.1, -0.05) is 344 Å². The van der Waals surface area contributed by atoms with Crippen LogP contribution in [-0.4, -0.2) is 96.7 Å². The van der Waals surface area contributed by atoms with Gasteiger partial charge in [0.25, 0.3) is 0 Å². The second kappa shape index (κ2) is 67.2. The maximum absolute atomic E-state index is 13.1. The quantitative estimate of drug-likeness (QED) is 0.0222. The number of carbonyl (C=O) groups excluding carboxylic acids is 4. The number of rotatable bonds is 75. The summed E-state index contributed by atoms with van der Waals surface area (Å²) in [6.45, 7) is 14.1. The fourth-order valence-electron chi connectivity index (χ4n) is 11.9. The van der Waals surface area contributed by atoms with E-state index in [4.69, 9.17) is 37.0 Å². The van der Waals surface area contributed by atoms with Crippen LogP contribution in [0.5, 0.6) is 0 Å². The minimum Gasteiger partial charge on any atom is -0.462 e. The Kier molecular flexibility index (Phi) is 65.9. The Balaban J connectivity index is 5.20. The largest absolute Gasteiger partial charge is 0.472 e. The van der Waals surface area contributed by atoms with Gasteiger partial charge in [0.15, 0.2) is 12.2 Å². The highest BCUT2D eigenvalue weighted by Gasteiger charge is 2.30. The van der Waals surface area contributed by atoms with Crippen LogP contribution < -0.4 is 0 Å². The number of phosphoric acid groups is 2. The number of esters is 4. The molecule has 0 heterocycles. The maximum Gasteiger partial charge on any atom is 0.472 e. The average molecular weight is 1420 g/mol. The van der Waals surface area contributed by atoms with E-state index in [2.05, 4.69) is 55.4 Å². The minimum absolute atomic E-state index is 0.101. The van der Waals surface area contributed by atoms with Crippen LogP contribution in [0, 0.1) is 23.7 Å². The molecule has 5 atom stereocenters. The van der Waals surface area contributed by atoms with Gasteiger partial charge in [0.2, 0.25) is 0 Å². The summed E-state index contributed by atoms with van der Waals surface area (Å²) in [5.74, 6) is 0.888. The molecule has 3 unspecified atom stereocenters. The molecule has 0 bridgehead atoms. The normalized spacial score (nSPS) is 14.1. The highest BCUT2D eigenvalue weighted by molar-refractivity contribution is 7.47. The summed E-state index contributed by atoms with van der Waals surface area (Å²) >= 11 is 0. The highest BCUT2D eigenvalue weighted by Crippen LogP contribution is 2.45. The zero-order chi connectivity index (χ0) is 71.7. The van der Waals surface area contributed by atoms with Crippen LogP contribution in [0.15, 0.2) is 0 Å². The zero-order valence-electron chi connectivity index (χ0n) is 63.7. The van der Waals surface area contributed by atoms with E-state index >= 15 is 0 Å². The summed E-state index contributed by atoms with van der Waals surface area (Å²) in [6.07, 6.45) is 53.1. The molecule has 3 N–H and O–H groups in total. The maximum atomic E-state index is 13.1. The van der Waals surface area contributed by atoms with E-state index in [1.54, 1.807) is 0 Å². The summed E-state index contributed by atoms with van der Waals surface area (Å²) in [5, 5.41) is 10.6. The van der Waals surface area contributed by atoms with Crippen LogP contribution in [0.25, 0.3) is 0 Å². The standard InChI is InChI=1S/C78H152O17P2/c1-68(2)54-46-38-30-24-20-16-12-9-10-14-18-22-26-33-42-50-58-75(80)88-64-73(94-77(82)60-52-44-35-27-23-19-15-11-13-17-21-25-31-39-47-55-69(3)4)66-92-96(84,85)90-62-72(79)63-91-97(86,87)93-67-74(95-78(83)61-53-45-37-36-41-49-57-71(7)8)65-89-76(81)59-51-43-34-29-28-32-40-48-56-70(5)6/h68-74,79H,9-67H2,1-8H3,(H,84,85)(H,86,87)/t72?,73-,74-/m1/s1. The smallest absolute Gasteiger partial charge is 0.462 e. The third kappa shape index (κ3) is 72.2. The predicted octanol–water partition coefficient (Wildman–Crippen LogP) is 22.8. The lowest BCUT2D eigenvalue weighted by Crippen LogP contribution is -2.30. The van der Waals surface area contributed by atoms with Gasteiger partial charge in [-0.25, -0.2) is 9.13 Å². The van der Waals surface area contributed by atoms with Crippen molar-refractivity contribution >= 4 is 39.5 Å². The molecule has 0 aliphatic heterocycles. The summed E-state index contributed by atoms with van der Waals surface area (Å²) < 4.78 is 68.5. The minimum atomic E-state index is -4.96. The molecule has 0 radical (unpaired) electrons. The van der Waals surface area contributed by atoms with E-state index in [0.717, 1.165) is 108 Å². The van der Waals surface area contributed by atoms with E-state index in [1.807, 2.05) is 0 Å². The first-order chi connectivity index (χ1) is 46.6. The first-order valence-corrected chi connectivity index (χ1v) is 43.2. The molecule has 0 aliphatic rings. The van der Waals surface area contributed by atoms with Crippen molar-refractivity contribution in [3.63, 3.8) is 0 Å². The van der Waals surface area contributed by atoms with Gasteiger partial charge in [-0.15, -0.1) is 0 Å². The molecule has 0 saturated carbocycles. The highest BCUT2D eigenvalue weighted by atomic mass is 31.2. The third-order valence-corrected chi connectivity index (χ3v) is 20.0. The Labute approximate surface area is 594 Å². The van der Waals surface area contributed by atoms with Crippen molar-refractivity contribution in [1.29, 1.82) is 0 Å². The van der Waals surface area contributed by atoms with E-state index in [9.17, 15) is 43.2 Å². The van der Waals surface area contributed by atoms with Gasteiger partial charge in [0.05, 0.1) is 26.4 Å². The Hall–Kier alpha value is -1.94. The molecule has 0 fully saturated rings. The van der Waals surface area contributed by atoms with Crippen LogP contribution in [0.2, 0.25) is 0 Å². The third-order valence-electron chi connectivity index (χ3n) is 18.1. The Morgan fingerprint density at radius 3 is 0.639 bits per heavy atom. The van der Waals surface area contributed by atoms with Crippen LogP contribution >= 0.6 is 15.6 Å². The van der Waals surface area contributed by atoms with Gasteiger partial charge >= 0.3 is 39.5 Å². The lowest BCUT2D eigenvalue weighted by molar-refractivity contribution is -0.161. The molecule has 17 nitrogen and oxygen atoms in total. The molecular weight excluding hydrogens is 1270 g/mol. The van der Waals surface area contributed by atoms with Crippen LogP contribution in [0.4, 0.5) is 0 Å². The predicted molar refractivity (Wildman–Crippen MR) is 395 cm³/mol. The fraction of sp³-hybridized carbons (Fsp3) is 0.949. The van der Waals surface area contributed by atoms with E-state index in [0.29, 0.717) is 31.6 Å². The van der Waals surface area contributed by atoms with Crippen LogP contribution in [-0.2, 0) is 65.4 Å². The zero-order valence-corrected chi connectivity index (χ0v) is 65.5. The Bertz CT molecular complexity index is 1900. The molecule has 0 aromatic rings. The lowest BCUT2D eigenvalue weighted by atomic mass is 10.0. The van der Waals surface area contributed by atoms with Gasteiger partial charge in [-0.2, -0.15) is 0 Å². The summed E-state index contributed by atoms with van der Waals surface area (Å²) in [5.41, 5.74) is 0. The van der Waals surface area contributed by atoms with Crippen LogP contribution in [0.3, 0.4) is 0 Å². The number of ether oxygens (including phenoxy) is 4. The van der Waals surface area contributed by atoms with Crippen molar-refractivity contribution in [1.82, 2.24) is 0 Å². The summed E-state index contributed by atoms with van der Waals surface area (Å²) in [7, 11) is -9.91. The second-order valence-electron chi connectivity index (χ2n) is 30.0. The summed E-state index contributed by atoms with van der Waals surface area (Å²) in [4.78, 5) is 72.8. The molecular formula is C78H152O17P2. The van der Waals surface area contributed by atoms with E-state index < -0.39 is 97.5 Å². The molecule has 0 rings (SSSR count). The molecule has 0 aromatic carbocycles. The van der Waals surface area contributed by atoms with Gasteiger partial charge in [0.1, 0.15) is 19.3 Å². The molecule has 0 saturated heterocycles. The van der Waals surface area contributed by atoms with Crippen molar-refractivity contribution in [3.05, 3.63) is 0 Å². The van der Waals surface area contributed by atoms with Gasteiger partial charge in [-0.3, -0.25) is 37.3 Å². The number of hydrogen-bond donors (Lipinski definition) is 3. The monoisotopic (exact) mass is 1420 g/mol. The van der Waals surface area contributed by atoms with E-state index in [-0.39, 0.29) is 25.7 Å². The SMILES string of the molecule is CC(C)CCCCCCCCCCCCCCCCCCC(=O)OC[C@H](COP(=O)(O)OCC(O)COP(=O)(O)OC[C@@H](COC(=O)CCCCCCCCCCC(C)C)OC(=O)CCCCCCCCC(C)C)OC(=O)CCCCCCCCCCCCCCCCCC(C)C. The lowest BCUT2D eigenvalue weighted by Gasteiger charge is -2.21. The number of hydrogen-bond acceptors (Lipinski definition) is 15. The van der Waals surface area contributed by atoms with Gasteiger partial charge in [0, 0.05) is 25.7 Å². The number of aliphatic hydroxyl groups is 1. The molecule has 19 heteroatoms. The molecule has 0 spiro atoms. The van der Waals surface area contributed by atoms with Crippen molar-refractivity contribution < 1.29 is 80.2 Å². The first-order valence-electron chi connectivity index (χ1n) is 40.2. The van der Waals surface area contributed by atoms with Crippen molar-refractivity contribution in [3.8, 4) is 0 Å². The van der Waals surface area contributed by atoms with Gasteiger partial charge in [-0.05, 0) is 49.4 Å². The number of unbranched alkanes of at least 4 members (excludes halogenated alkanes) is 41. The topological polar surface area (TPSA) is 237 Å². The Morgan fingerprint density at radius 2 is 0.433 bits per heavy atom. The summed E-state index contributed by atoms with van der Waals surface area (Å²) in [6, 6.07) is 0. The second-order valence-corrected chi connectivity index (χ2v) is 32.9. The van der Waals surface area contributed by atoms with Crippen LogP contribution in [0.1, 0.15) is 396 Å². The van der Waals surface area contributed by atoms with Crippen molar-refractivity contribution in [2.75, 3.05) is 39.6 Å². The molecule has 0 aromatic heterocycles. The van der Waals surface area contributed by atoms with Crippen molar-refractivity contribution in [2.24, 2.45) is 23.7 Å². The average Bonchev–Trinajstić information content (AvgIpc) is 1.63. The number of carbonyl (C=O) groups is 4. The van der Waals surface area contributed by atoms with Crippen molar-refractivity contribution in [2.45, 2.75) is 414 Å². The molecule has 97 heavy (non-hydrogen) atoms. The number of phosphoric ester groups is 2. The Morgan fingerprint density at radius 1 is 0.258 bits per heavy atom. The van der Waals surface area contributed by atoms with Gasteiger partial charge < -0.3 is 33.8 Å². The fourth-order valence-corrected chi connectivity index (χ4v) is 13.5. The number of aliphatic hydroxyl groups excluding tert-OH is 1. The first kappa shape index (κ1) is 95.1.